The second kappa shape index (κ2) is 10.3. The van der Waals surface area contributed by atoms with Gasteiger partial charge in [-0.25, -0.2) is 4.57 Å². The highest BCUT2D eigenvalue weighted by Gasteiger charge is 2.57. The van der Waals surface area contributed by atoms with Gasteiger partial charge >= 0.3 is 13.7 Å². The number of para-hydroxylation sites is 1. The summed E-state index contributed by atoms with van der Waals surface area (Å²) in [5, 5.41) is 11.7. The van der Waals surface area contributed by atoms with Gasteiger partial charge in [0.05, 0.1) is 6.61 Å². The van der Waals surface area contributed by atoms with E-state index in [1.807, 2.05) is 0 Å². The van der Waals surface area contributed by atoms with Gasteiger partial charge in [0.1, 0.15) is 30.1 Å². The van der Waals surface area contributed by atoms with Crippen molar-refractivity contribution in [1.82, 2.24) is 9.99 Å². The Kier molecular flexibility index (Phi) is 7.56. The van der Waals surface area contributed by atoms with Crippen molar-refractivity contribution in [1.29, 1.82) is 0 Å². The van der Waals surface area contributed by atoms with E-state index in [0.29, 0.717) is 12.0 Å². The fraction of sp³-hybridized carbons (Fsp3) is 0.478. The van der Waals surface area contributed by atoms with Gasteiger partial charge in [-0.05, 0) is 39.3 Å². The summed E-state index contributed by atoms with van der Waals surface area (Å²) in [6.07, 6.45) is 2.92. The van der Waals surface area contributed by atoms with Crippen molar-refractivity contribution in [2.75, 3.05) is 6.61 Å². The molecule has 0 bridgehead atoms. The zero-order valence-electron chi connectivity index (χ0n) is 20.1. The summed E-state index contributed by atoms with van der Waals surface area (Å²) >= 11 is 0. The third-order valence-electron chi connectivity index (χ3n) is 5.76. The van der Waals surface area contributed by atoms with E-state index in [2.05, 4.69) is 5.09 Å². The maximum absolute atomic E-state index is 13.5. The Morgan fingerprint density at radius 2 is 1.97 bits per heavy atom. The number of carboxylic acid groups (broad SMARTS) is 1. The molecule has 1 aromatic carbocycles. The number of allylic oxidation sites excluding steroid dienone is 1. The lowest BCUT2D eigenvalue weighted by Crippen LogP contribution is -2.40. The normalized spacial score (nSPS) is 29.2. The number of nitrogens with one attached hydrogen (secondary N) is 1. The van der Waals surface area contributed by atoms with Gasteiger partial charge in [0.2, 0.25) is 5.91 Å². The molecule has 2 unspecified atom stereocenters. The molecule has 36 heavy (non-hydrogen) atoms. The first-order chi connectivity index (χ1) is 17.0. The lowest BCUT2D eigenvalue weighted by molar-refractivity contribution is -0.201. The Hall–Kier alpha value is -2.73. The monoisotopic (exact) mass is 523 g/mol. The Balaban J connectivity index is 1.53. The number of primary amides is 1. The quantitative estimate of drug-likeness (QED) is 0.386. The van der Waals surface area contributed by atoms with Crippen molar-refractivity contribution < 1.29 is 42.5 Å². The number of carbonyl (C=O) groups is 2. The molecule has 1 aromatic rings. The SMILES string of the molecule is C[C@H](NP(=O)(OCC1O[C@@H](N2C=CCC(C(N)=O)=C2)[C@@H]2OC(C)(C)O[C@H]12)Oc1ccccc1)C(=O)O. The average molecular weight is 523 g/mol. The maximum atomic E-state index is 13.5. The minimum Gasteiger partial charge on any atom is -0.480 e. The summed E-state index contributed by atoms with van der Waals surface area (Å²) in [5.41, 5.74) is 5.85. The highest BCUT2D eigenvalue weighted by atomic mass is 31.2. The first-order valence-electron chi connectivity index (χ1n) is 11.4. The zero-order chi connectivity index (χ0) is 26.1. The van der Waals surface area contributed by atoms with E-state index in [4.69, 9.17) is 29.0 Å². The predicted octanol–water partition coefficient (Wildman–Crippen LogP) is 2.09. The molecular weight excluding hydrogens is 493 g/mol. The van der Waals surface area contributed by atoms with Gasteiger partial charge in [-0.2, -0.15) is 5.09 Å². The molecule has 0 saturated carbocycles. The number of rotatable bonds is 10. The summed E-state index contributed by atoms with van der Waals surface area (Å²) in [7, 11) is -4.16. The van der Waals surface area contributed by atoms with Crippen molar-refractivity contribution >= 4 is 19.6 Å². The fourth-order valence-electron chi connectivity index (χ4n) is 4.11. The predicted molar refractivity (Wildman–Crippen MR) is 126 cm³/mol. The standard InChI is InChI=1S/C23H30N3O9P/c1-14(22(28)29)25-36(30,35-16-9-5-4-6-10-16)31-13-17-18-19(34-23(2,3)33-18)21(32-17)26-11-7-8-15(12-26)20(24)27/h4-7,9-12,14,17-19,21H,8,13H2,1-3H3,(H2,24,27)(H,25,30)(H,28,29)/t14-,17?,18+,19+,21+,36?/m0/s1. The van der Waals surface area contributed by atoms with E-state index in [-0.39, 0.29) is 12.4 Å². The van der Waals surface area contributed by atoms with Crippen LogP contribution in [0.1, 0.15) is 27.2 Å². The average Bonchev–Trinajstić information content (AvgIpc) is 3.31. The Morgan fingerprint density at radius 3 is 2.64 bits per heavy atom. The largest absolute Gasteiger partial charge is 0.480 e. The molecule has 3 aliphatic rings. The van der Waals surface area contributed by atoms with Crippen LogP contribution in [0.3, 0.4) is 0 Å². The van der Waals surface area contributed by atoms with E-state index in [1.54, 1.807) is 67.6 Å². The number of ether oxygens (including phenoxy) is 3. The van der Waals surface area contributed by atoms with Crippen molar-refractivity contribution in [2.45, 2.75) is 63.6 Å². The molecule has 0 aromatic heterocycles. The molecule has 2 fully saturated rings. The van der Waals surface area contributed by atoms with Crippen LogP contribution in [0, 0.1) is 0 Å². The molecule has 3 aliphatic heterocycles. The molecule has 4 rings (SSSR count). The number of carbonyl (C=O) groups excluding carboxylic acids is 1. The van der Waals surface area contributed by atoms with Crippen molar-refractivity contribution in [3.63, 3.8) is 0 Å². The molecule has 12 nitrogen and oxygen atoms in total. The van der Waals surface area contributed by atoms with Crippen LogP contribution in [0.15, 0.2) is 54.4 Å². The van der Waals surface area contributed by atoms with Crippen molar-refractivity contribution in [3.05, 3.63) is 54.4 Å². The minimum absolute atomic E-state index is 0.234. The minimum atomic E-state index is -4.16. The lowest BCUT2D eigenvalue weighted by Gasteiger charge is -2.31. The molecule has 2 saturated heterocycles. The van der Waals surface area contributed by atoms with Crippen LogP contribution in [0.5, 0.6) is 5.75 Å². The number of hydrogen-bond donors (Lipinski definition) is 3. The highest BCUT2D eigenvalue weighted by Crippen LogP contribution is 2.47. The smallest absolute Gasteiger partial charge is 0.459 e. The number of fused-ring (bicyclic) bond motifs is 1. The second-order valence-corrected chi connectivity index (χ2v) is 10.8. The van der Waals surface area contributed by atoms with Gasteiger partial charge in [-0.3, -0.25) is 14.1 Å². The van der Waals surface area contributed by atoms with Gasteiger partial charge in [0, 0.05) is 18.0 Å². The van der Waals surface area contributed by atoms with Gasteiger partial charge < -0.3 is 34.5 Å². The fourth-order valence-corrected chi connectivity index (χ4v) is 5.61. The van der Waals surface area contributed by atoms with Crippen LogP contribution >= 0.6 is 7.75 Å². The van der Waals surface area contributed by atoms with E-state index < -0.39 is 56.0 Å². The molecule has 196 valence electrons. The number of benzene rings is 1. The number of nitrogens with zero attached hydrogens (tertiary/aromatic N) is 1. The summed E-state index contributed by atoms with van der Waals surface area (Å²) in [6.45, 7) is 4.59. The molecule has 3 heterocycles. The summed E-state index contributed by atoms with van der Waals surface area (Å²) in [4.78, 5) is 24.8. The highest BCUT2D eigenvalue weighted by molar-refractivity contribution is 7.52. The number of aliphatic carboxylic acids is 1. The number of hydrogen-bond acceptors (Lipinski definition) is 9. The first-order valence-corrected chi connectivity index (χ1v) is 13.0. The van der Waals surface area contributed by atoms with Gasteiger partial charge in [0.25, 0.3) is 0 Å². The second-order valence-electron chi connectivity index (χ2n) is 9.07. The molecule has 1 amide bonds. The van der Waals surface area contributed by atoms with Crippen LogP contribution in [0.25, 0.3) is 0 Å². The molecule has 0 aliphatic carbocycles. The van der Waals surface area contributed by atoms with Crippen LogP contribution in [-0.2, 0) is 32.9 Å². The zero-order valence-corrected chi connectivity index (χ0v) is 21.0. The van der Waals surface area contributed by atoms with Crippen LogP contribution < -0.4 is 15.3 Å². The van der Waals surface area contributed by atoms with Crippen molar-refractivity contribution in [2.24, 2.45) is 5.73 Å². The van der Waals surface area contributed by atoms with Gasteiger partial charge in [-0.15, -0.1) is 0 Å². The first kappa shape index (κ1) is 26.3. The molecule has 4 N–H and O–H groups in total. The number of carboxylic acids is 1. The number of amides is 1. The van der Waals surface area contributed by atoms with Gasteiger partial charge in [0.15, 0.2) is 12.0 Å². The van der Waals surface area contributed by atoms with E-state index in [0.717, 1.165) is 0 Å². The molecule has 0 spiro atoms. The Morgan fingerprint density at radius 1 is 1.28 bits per heavy atom. The topological polar surface area (TPSA) is 159 Å². The molecule has 6 atom stereocenters. The molecule has 0 radical (unpaired) electrons. The third kappa shape index (κ3) is 5.97. The molecular formula is C23H30N3O9P. The summed E-state index contributed by atoms with van der Waals surface area (Å²) < 4.78 is 43.1. The Bertz CT molecular complexity index is 1090. The van der Waals surface area contributed by atoms with Crippen molar-refractivity contribution in [3.8, 4) is 5.75 Å². The summed E-state index contributed by atoms with van der Waals surface area (Å²) in [5.74, 6) is -2.46. The molecule has 13 heteroatoms. The maximum Gasteiger partial charge on any atom is 0.459 e. The Labute approximate surface area is 208 Å². The van der Waals surface area contributed by atoms with Crippen LogP contribution in [0.2, 0.25) is 0 Å². The van der Waals surface area contributed by atoms with Gasteiger partial charge in [-0.1, -0.05) is 24.3 Å². The van der Waals surface area contributed by atoms with E-state index in [1.165, 1.54) is 6.92 Å². The van der Waals surface area contributed by atoms with E-state index in [9.17, 15) is 19.3 Å². The summed E-state index contributed by atoms with van der Waals surface area (Å²) in [6, 6.07) is 7.05. The van der Waals surface area contributed by atoms with Crippen LogP contribution in [0.4, 0.5) is 0 Å². The van der Waals surface area contributed by atoms with E-state index >= 15 is 0 Å². The lowest BCUT2D eigenvalue weighted by atomic mass is 10.1. The number of nitrogens with two attached hydrogens (primary N) is 1. The third-order valence-corrected chi connectivity index (χ3v) is 7.40. The van der Waals surface area contributed by atoms with Crippen LogP contribution in [-0.4, -0.2) is 64.9 Å².